The largest absolute Gasteiger partial charge is 0.383 e. The molecule has 2 rings (SSSR count). The van der Waals surface area contributed by atoms with Gasteiger partial charge in [-0.05, 0) is 35.1 Å². The fourth-order valence-electron chi connectivity index (χ4n) is 1.57. The Balaban J connectivity index is 2.60. The predicted octanol–water partition coefficient (Wildman–Crippen LogP) is 2.73. The van der Waals surface area contributed by atoms with Crippen LogP contribution in [0, 0.1) is 10.5 Å². The second-order valence-corrected chi connectivity index (χ2v) is 6.51. The summed E-state index contributed by atoms with van der Waals surface area (Å²) in [5.41, 5.74) is 7.78. The van der Waals surface area contributed by atoms with E-state index in [0.717, 1.165) is 14.8 Å². The normalized spacial score (nSPS) is 11.6. The molecule has 0 fully saturated rings. The minimum Gasteiger partial charge on any atom is -0.383 e. The third-order valence-corrected chi connectivity index (χ3v) is 3.63. The van der Waals surface area contributed by atoms with Crippen LogP contribution in [-0.4, -0.2) is 19.9 Å². The van der Waals surface area contributed by atoms with Crippen LogP contribution in [0.3, 0.4) is 0 Å². The standard InChI is InChI=1S/C13H16IN5/c1-7-5-16-11(17-6-7)12-18-9(13(2,3)4)8(14)10(15)19-12/h5-6H,1-4H3,(H2,15,18,19). The Labute approximate surface area is 126 Å². The van der Waals surface area contributed by atoms with Gasteiger partial charge in [-0.3, -0.25) is 0 Å². The van der Waals surface area contributed by atoms with Gasteiger partial charge in [-0.2, -0.15) is 0 Å². The van der Waals surface area contributed by atoms with Gasteiger partial charge in [0.2, 0.25) is 0 Å². The molecule has 2 heterocycles. The van der Waals surface area contributed by atoms with E-state index in [9.17, 15) is 0 Å². The summed E-state index contributed by atoms with van der Waals surface area (Å²) in [7, 11) is 0. The number of aryl methyl sites for hydroxylation is 1. The van der Waals surface area contributed by atoms with Crippen LogP contribution in [0.4, 0.5) is 5.82 Å². The van der Waals surface area contributed by atoms with Crippen LogP contribution in [0.5, 0.6) is 0 Å². The van der Waals surface area contributed by atoms with Crippen molar-refractivity contribution in [1.29, 1.82) is 0 Å². The van der Waals surface area contributed by atoms with Crippen molar-refractivity contribution in [2.24, 2.45) is 0 Å². The van der Waals surface area contributed by atoms with Gasteiger partial charge in [0.15, 0.2) is 11.6 Å². The molecular weight excluding hydrogens is 353 g/mol. The van der Waals surface area contributed by atoms with Crippen LogP contribution in [0.2, 0.25) is 0 Å². The highest BCUT2D eigenvalue weighted by atomic mass is 127. The molecule has 0 atom stereocenters. The number of nitrogens with two attached hydrogens (primary N) is 1. The molecule has 2 aromatic heterocycles. The van der Waals surface area contributed by atoms with Crippen LogP contribution in [0.25, 0.3) is 11.6 Å². The maximum Gasteiger partial charge on any atom is 0.200 e. The van der Waals surface area contributed by atoms with Crippen molar-refractivity contribution in [3.8, 4) is 11.6 Å². The minimum absolute atomic E-state index is 0.104. The first-order valence-electron chi connectivity index (χ1n) is 5.91. The molecule has 2 aromatic rings. The van der Waals surface area contributed by atoms with Gasteiger partial charge >= 0.3 is 0 Å². The van der Waals surface area contributed by atoms with E-state index in [2.05, 4.69) is 63.3 Å². The SMILES string of the molecule is Cc1cnc(-c2nc(N)c(I)c(C(C)(C)C)n2)nc1. The lowest BCUT2D eigenvalue weighted by atomic mass is 9.92. The fourth-order valence-corrected chi connectivity index (χ4v) is 2.62. The first kappa shape index (κ1) is 14.1. The molecule has 0 saturated heterocycles. The highest BCUT2D eigenvalue weighted by Crippen LogP contribution is 2.29. The molecule has 19 heavy (non-hydrogen) atoms. The van der Waals surface area contributed by atoms with Gasteiger partial charge in [0.1, 0.15) is 5.82 Å². The number of nitrogens with zero attached hydrogens (tertiary/aromatic N) is 4. The number of rotatable bonds is 1. The zero-order valence-corrected chi connectivity index (χ0v) is 13.6. The second kappa shape index (κ2) is 4.99. The number of halogens is 1. The molecule has 0 aliphatic carbocycles. The van der Waals surface area contributed by atoms with Crippen LogP contribution < -0.4 is 5.73 Å². The van der Waals surface area contributed by atoms with E-state index in [4.69, 9.17) is 5.73 Å². The summed E-state index contributed by atoms with van der Waals surface area (Å²) in [6.45, 7) is 8.22. The van der Waals surface area contributed by atoms with E-state index >= 15 is 0 Å². The molecule has 0 unspecified atom stereocenters. The van der Waals surface area contributed by atoms with E-state index < -0.39 is 0 Å². The summed E-state index contributed by atoms with van der Waals surface area (Å²) in [5, 5.41) is 0. The van der Waals surface area contributed by atoms with Crippen molar-refractivity contribution >= 4 is 28.4 Å². The van der Waals surface area contributed by atoms with E-state index in [0.29, 0.717) is 17.5 Å². The predicted molar refractivity (Wildman–Crippen MR) is 83.6 cm³/mol. The molecule has 0 aromatic carbocycles. The molecule has 0 bridgehead atoms. The molecule has 0 spiro atoms. The zero-order valence-electron chi connectivity index (χ0n) is 11.4. The fraction of sp³-hybridized carbons (Fsp3) is 0.385. The minimum atomic E-state index is -0.104. The topological polar surface area (TPSA) is 77.6 Å². The van der Waals surface area contributed by atoms with Crippen LogP contribution in [0.15, 0.2) is 12.4 Å². The van der Waals surface area contributed by atoms with E-state index in [1.54, 1.807) is 12.4 Å². The van der Waals surface area contributed by atoms with Crippen molar-refractivity contribution in [3.05, 3.63) is 27.2 Å². The highest BCUT2D eigenvalue weighted by Gasteiger charge is 2.23. The Morgan fingerprint density at radius 1 is 1.05 bits per heavy atom. The van der Waals surface area contributed by atoms with Gasteiger partial charge in [0, 0.05) is 17.8 Å². The van der Waals surface area contributed by atoms with Crippen LogP contribution in [-0.2, 0) is 5.41 Å². The monoisotopic (exact) mass is 369 g/mol. The summed E-state index contributed by atoms with van der Waals surface area (Å²) >= 11 is 2.18. The Morgan fingerprint density at radius 2 is 1.63 bits per heavy atom. The molecule has 0 radical (unpaired) electrons. The number of anilines is 1. The maximum absolute atomic E-state index is 5.97. The third kappa shape index (κ3) is 2.99. The lowest BCUT2D eigenvalue weighted by molar-refractivity contribution is 0.564. The smallest absolute Gasteiger partial charge is 0.200 e. The van der Waals surface area contributed by atoms with Crippen molar-refractivity contribution in [1.82, 2.24) is 19.9 Å². The first-order chi connectivity index (χ1) is 8.79. The summed E-state index contributed by atoms with van der Waals surface area (Å²) in [4.78, 5) is 17.4. The van der Waals surface area contributed by atoms with Crippen molar-refractivity contribution < 1.29 is 0 Å². The molecule has 0 aliphatic heterocycles. The highest BCUT2D eigenvalue weighted by molar-refractivity contribution is 14.1. The van der Waals surface area contributed by atoms with Gasteiger partial charge in [-0.1, -0.05) is 20.8 Å². The summed E-state index contributed by atoms with van der Waals surface area (Å²) < 4.78 is 0.890. The molecule has 0 aliphatic rings. The Hall–Kier alpha value is -1.31. The zero-order chi connectivity index (χ0) is 14.2. The molecule has 5 nitrogen and oxygen atoms in total. The summed E-state index contributed by atoms with van der Waals surface area (Å²) in [6.07, 6.45) is 3.49. The van der Waals surface area contributed by atoms with E-state index in [1.807, 2.05) is 6.92 Å². The van der Waals surface area contributed by atoms with Gasteiger partial charge in [-0.15, -0.1) is 0 Å². The lowest BCUT2D eigenvalue weighted by Crippen LogP contribution is -2.18. The molecule has 100 valence electrons. The quantitative estimate of drug-likeness (QED) is 0.783. The number of hydrogen-bond donors (Lipinski definition) is 1. The van der Waals surface area contributed by atoms with Gasteiger partial charge < -0.3 is 5.73 Å². The number of hydrogen-bond acceptors (Lipinski definition) is 5. The average molecular weight is 369 g/mol. The van der Waals surface area contributed by atoms with Crippen molar-refractivity contribution in [2.75, 3.05) is 5.73 Å². The van der Waals surface area contributed by atoms with Gasteiger partial charge in [0.05, 0.1) is 9.26 Å². The summed E-state index contributed by atoms with van der Waals surface area (Å²) in [6, 6.07) is 0. The van der Waals surface area contributed by atoms with Crippen molar-refractivity contribution in [2.45, 2.75) is 33.1 Å². The van der Waals surface area contributed by atoms with Crippen molar-refractivity contribution in [3.63, 3.8) is 0 Å². The van der Waals surface area contributed by atoms with Gasteiger partial charge in [-0.25, -0.2) is 19.9 Å². The van der Waals surface area contributed by atoms with E-state index in [1.165, 1.54) is 0 Å². The summed E-state index contributed by atoms with van der Waals surface area (Å²) in [5.74, 6) is 1.45. The Morgan fingerprint density at radius 3 is 2.16 bits per heavy atom. The molecular formula is C13H16IN5. The van der Waals surface area contributed by atoms with Gasteiger partial charge in [0.25, 0.3) is 0 Å². The number of nitrogen functional groups attached to an aromatic ring is 1. The average Bonchev–Trinajstić information content (AvgIpc) is 2.32. The molecule has 0 saturated carbocycles. The maximum atomic E-state index is 5.97. The number of aromatic nitrogens is 4. The lowest BCUT2D eigenvalue weighted by Gasteiger charge is -2.20. The molecule has 0 amide bonds. The first-order valence-corrected chi connectivity index (χ1v) is 6.99. The molecule has 2 N–H and O–H groups in total. The Bertz CT molecular complexity index is 602. The van der Waals surface area contributed by atoms with E-state index in [-0.39, 0.29) is 5.41 Å². The van der Waals surface area contributed by atoms with Crippen LogP contribution >= 0.6 is 22.6 Å². The Kier molecular flexibility index (Phi) is 3.71. The molecule has 6 heteroatoms. The second-order valence-electron chi connectivity index (χ2n) is 5.43. The third-order valence-electron chi connectivity index (χ3n) is 2.57. The van der Waals surface area contributed by atoms with Crippen LogP contribution in [0.1, 0.15) is 32.0 Å².